The number of aliphatic hydroxyl groups is 1. The Balaban J connectivity index is 1.09. The number of anilines is 1. The summed E-state index contributed by atoms with van der Waals surface area (Å²) in [4.78, 5) is 21.0. The van der Waals surface area contributed by atoms with Crippen molar-refractivity contribution in [1.82, 2.24) is 19.3 Å². The number of benzene rings is 1. The lowest BCUT2D eigenvalue weighted by Crippen LogP contribution is -2.41. The number of nitrogens with zero attached hydrogens (tertiary/aromatic N) is 5. The maximum atomic E-state index is 14.1. The lowest BCUT2D eigenvalue weighted by atomic mass is 9.79. The van der Waals surface area contributed by atoms with Crippen molar-refractivity contribution in [3.8, 4) is 11.1 Å². The number of aromatic nitrogens is 4. The molecule has 3 aliphatic rings. The van der Waals surface area contributed by atoms with Gasteiger partial charge in [0.1, 0.15) is 0 Å². The van der Waals surface area contributed by atoms with Gasteiger partial charge in [0.05, 0.1) is 30.1 Å². The minimum atomic E-state index is -0.266. The van der Waals surface area contributed by atoms with Gasteiger partial charge in [-0.15, -0.1) is 0 Å². The number of fused-ring (bicyclic) bond motifs is 1. The molecule has 7 rings (SSSR count). The van der Waals surface area contributed by atoms with Gasteiger partial charge in [-0.2, -0.15) is 5.10 Å². The molecule has 3 aromatic heterocycles. The zero-order valence-electron chi connectivity index (χ0n) is 24.0. The SMILES string of the molecule is Cn1ccc2cc(C3CCC(CN(C(=O)C4CCC(O)CC4)c4cccc(-c5cnn(C6CC6)c5)c4)CC3)ncc21. The number of amides is 1. The molecule has 0 radical (unpaired) electrons. The number of pyridine rings is 1. The van der Waals surface area contributed by atoms with Gasteiger partial charge in [0.15, 0.2) is 0 Å². The zero-order valence-corrected chi connectivity index (χ0v) is 24.0. The van der Waals surface area contributed by atoms with Crippen molar-refractivity contribution in [1.29, 1.82) is 0 Å². The standard InChI is InChI=1S/C34H41N5O2/c1-37-16-15-27-18-32(35-20-33(27)37)24-7-5-23(6-8-24)21-38(34(41)25-9-13-31(40)14-10-25)30-4-2-3-26(17-30)28-19-36-39(22-28)29-11-12-29/h2-4,15-20,22-25,29,31,40H,5-14,21H2,1H3. The average Bonchev–Trinajstić information content (AvgIpc) is 3.62. The molecule has 41 heavy (non-hydrogen) atoms. The molecule has 1 N–H and O–H groups in total. The quantitative estimate of drug-likeness (QED) is 0.280. The molecule has 1 aromatic carbocycles. The molecule has 0 spiro atoms. The highest BCUT2D eigenvalue weighted by Crippen LogP contribution is 2.39. The number of rotatable bonds is 7. The molecule has 0 aliphatic heterocycles. The van der Waals surface area contributed by atoms with Gasteiger partial charge in [0, 0.05) is 60.2 Å². The van der Waals surface area contributed by atoms with Crippen LogP contribution >= 0.6 is 0 Å². The van der Waals surface area contributed by atoms with Gasteiger partial charge < -0.3 is 14.6 Å². The van der Waals surface area contributed by atoms with Gasteiger partial charge in [-0.3, -0.25) is 14.5 Å². The van der Waals surface area contributed by atoms with E-state index in [0.29, 0.717) is 30.7 Å². The molecule has 7 nitrogen and oxygen atoms in total. The fourth-order valence-corrected chi connectivity index (χ4v) is 7.05. The lowest BCUT2D eigenvalue weighted by molar-refractivity contribution is -0.124. The Hall–Kier alpha value is -3.45. The summed E-state index contributed by atoms with van der Waals surface area (Å²) in [6, 6.07) is 13.5. The summed E-state index contributed by atoms with van der Waals surface area (Å²) >= 11 is 0. The van der Waals surface area contributed by atoms with Crippen LogP contribution in [0.1, 0.15) is 81.9 Å². The molecule has 0 atom stereocenters. The summed E-state index contributed by atoms with van der Waals surface area (Å²) in [6.45, 7) is 0.751. The van der Waals surface area contributed by atoms with E-state index in [1.165, 1.54) is 29.4 Å². The second-order valence-corrected chi connectivity index (χ2v) is 12.8. The van der Waals surface area contributed by atoms with Crippen LogP contribution in [0.5, 0.6) is 0 Å². The molecule has 7 heteroatoms. The van der Waals surface area contributed by atoms with E-state index in [1.54, 1.807) is 0 Å². The van der Waals surface area contributed by atoms with Crippen molar-refractivity contribution < 1.29 is 9.90 Å². The van der Waals surface area contributed by atoms with Gasteiger partial charge >= 0.3 is 0 Å². The molecule has 214 valence electrons. The van der Waals surface area contributed by atoms with Crippen LogP contribution in [0.4, 0.5) is 5.69 Å². The first-order chi connectivity index (χ1) is 20.0. The van der Waals surface area contributed by atoms with Crippen LogP contribution in [0.2, 0.25) is 0 Å². The Morgan fingerprint density at radius 3 is 2.54 bits per heavy atom. The first-order valence-electron chi connectivity index (χ1n) is 15.6. The van der Waals surface area contributed by atoms with Crippen molar-refractivity contribution in [2.45, 2.75) is 82.3 Å². The summed E-state index contributed by atoms with van der Waals surface area (Å²) in [5, 5.41) is 15.9. The molecule has 3 fully saturated rings. The van der Waals surface area contributed by atoms with E-state index in [2.05, 4.69) is 75.1 Å². The van der Waals surface area contributed by atoms with E-state index in [9.17, 15) is 9.90 Å². The average molecular weight is 552 g/mol. The third kappa shape index (κ3) is 5.56. The third-order valence-corrected chi connectivity index (χ3v) is 9.82. The van der Waals surface area contributed by atoms with Crippen LogP contribution in [0.15, 0.2) is 61.2 Å². The number of hydrogen-bond donors (Lipinski definition) is 1. The first kappa shape index (κ1) is 26.4. The summed E-state index contributed by atoms with van der Waals surface area (Å²) in [6.07, 6.45) is 17.7. The van der Waals surface area contributed by atoms with Crippen LogP contribution in [-0.4, -0.2) is 43.0 Å². The largest absolute Gasteiger partial charge is 0.393 e. The maximum absolute atomic E-state index is 14.1. The molecule has 4 aromatic rings. The highest BCUT2D eigenvalue weighted by Gasteiger charge is 2.33. The summed E-state index contributed by atoms with van der Waals surface area (Å²) in [5.41, 5.74) is 5.58. The third-order valence-electron chi connectivity index (χ3n) is 9.82. The molecule has 3 heterocycles. The monoisotopic (exact) mass is 551 g/mol. The topological polar surface area (TPSA) is 76.2 Å². The Morgan fingerprint density at radius 2 is 1.76 bits per heavy atom. The van der Waals surface area contributed by atoms with Gasteiger partial charge in [-0.1, -0.05) is 12.1 Å². The highest BCUT2D eigenvalue weighted by atomic mass is 16.3. The molecule has 1 amide bonds. The zero-order chi connectivity index (χ0) is 27.9. The van der Waals surface area contributed by atoms with Crippen LogP contribution in [0, 0.1) is 11.8 Å². The van der Waals surface area contributed by atoms with Crippen molar-refractivity contribution in [3.05, 3.63) is 66.9 Å². The molecule has 3 aliphatic carbocycles. The number of carbonyl (C=O) groups is 1. The van der Waals surface area contributed by atoms with Crippen molar-refractivity contribution >= 4 is 22.5 Å². The number of hydrogen-bond acceptors (Lipinski definition) is 4. The van der Waals surface area contributed by atoms with E-state index in [-0.39, 0.29) is 17.9 Å². The van der Waals surface area contributed by atoms with Gasteiger partial charge in [-0.05, 0) is 100.0 Å². The number of aryl methyl sites for hydroxylation is 1. The molecule has 3 saturated carbocycles. The van der Waals surface area contributed by atoms with Gasteiger partial charge in [-0.25, -0.2) is 0 Å². The minimum Gasteiger partial charge on any atom is -0.393 e. The smallest absolute Gasteiger partial charge is 0.230 e. The van der Waals surface area contributed by atoms with Crippen molar-refractivity contribution in [3.63, 3.8) is 0 Å². The molecular weight excluding hydrogens is 510 g/mol. The number of aliphatic hydroxyl groups excluding tert-OH is 1. The Labute approximate surface area is 242 Å². The predicted molar refractivity (Wildman–Crippen MR) is 162 cm³/mol. The normalized spacial score (nSPS) is 24.9. The summed E-state index contributed by atoms with van der Waals surface area (Å²) < 4.78 is 4.21. The number of carbonyl (C=O) groups excluding carboxylic acids is 1. The Morgan fingerprint density at radius 1 is 0.951 bits per heavy atom. The van der Waals surface area contributed by atoms with E-state index in [1.807, 2.05) is 12.4 Å². The van der Waals surface area contributed by atoms with E-state index in [0.717, 1.165) is 61.9 Å². The minimum absolute atomic E-state index is 0.0159. The first-order valence-corrected chi connectivity index (χ1v) is 15.6. The molecular formula is C34H41N5O2. The van der Waals surface area contributed by atoms with Crippen LogP contribution in [-0.2, 0) is 11.8 Å². The van der Waals surface area contributed by atoms with Gasteiger partial charge in [0.2, 0.25) is 5.91 Å². The molecule has 0 unspecified atom stereocenters. The Kier molecular flexibility index (Phi) is 7.15. The van der Waals surface area contributed by atoms with Crippen LogP contribution < -0.4 is 4.90 Å². The summed E-state index contributed by atoms with van der Waals surface area (Å²) in [5.74, 6) is 1.15. The fraction of sp³-hybridized carbons (Fsp3) is 0.500. The van der Waals surface area contributed by atoms with Crippen LogP contribution in [0.25, 0.3) is 22.0 Å². The van der Waals surface area contributed by atoms with Gasteiger partial charge in [0.25, 0.3) is 0 Å². The maximum Gasteiger partial charge on any atom is 0.230 e. The van der Waals surface area contributed by atoms with Crippen LogP contribution in [0.3, 0.4) is 0 Å². The van der Waals surface area contributed by atoms with E-state index >= 15 is 0 Å². The van der Waals surface area contributed by atoms with Crippen molar-refractivity contribution in [2.24, 2.45) is 18.9 Å². The lowest BCUT2D eigenvalue weighted by Gasteiger charge is -2.35. The second kappa shape index (κ2) is 11.1. The molecule has 0 bridgehead atoms. The predicted octanol–water partition coefficient (Wildman–Crippen LogP) is 6.63. The van der Waals surface area contributed by atoms with Crippen molar-refractivity contribution in [2.75, 3.05) is 11.4 Å². The highest BCUT2D eigenvalue weighted by molar-refractivity contribution is 5.95. The Bertz CT molecular complexity index is 1520. The second-order valence-electron chi connectivity index (χ2n) is 12.8. The summed E-state index contributed by atoms with van der Waals surface area (Å²) in [7, 11) is 2.06. The fourth-order valence-electron chi connectivity index (χ4n) is 7.05. The molecule has 0 saturated heterocycles. The van der Waals surface area contributed by atoms with E-state index in [4.69, 9.17) is 4.98 Å². The van der Waals surface area contributed by atoms with E-state index < -0.39 is 0 Å².